The molecule has 2 heterocycles. The number of piperidine rings is 1. The molecule has 0 spiro atoms. The Hall–Kier alpha value is -3.46. The number of methoxy groups -OCH3 is 1. The van der Waals surface area contributed by atoms with Gasteiger partial charge in [-0.05, 0) is 81.7 Å². The van der Waals surface area contributed by atoms with Crippen molar-refractivity contribution in [2.75, 3.05) is 39.2 Å². The van der Waals surface area contributed by atoms with Crippen molar-refractivity contribution < 1.29 is 23.0 Å². The van der Waals surface area contributed by atoms with Crippen LogP contribution in [0.5, 0.6) is 17.2 Å². The Morgan fingerprint density at radius 2 is 1.69 bits per heavy atom. The van der Waals surface area contributed by atoms with Crippen molar-refractivity contribution in [3.63, 3.8) is 0 Å². The van der Waals surface area contributed by atoms with Crippen LogP contribution in [-0.4, -0.2) is 48.7 Å². The standard InChI is InChI=1S/C26H30F2N4O3/c1-17-12-23(33-3)25(28)22(24(17)27)16-35-21-13-29-26(30-14-21)31-19-4-6-20(7-5-19)34-15-18-8-10-32(2)11-9-18/h4-7,12-14,18H,8-11,15-16H2,1-3H3,(H,29,30,31). The van der Waals surface area contributed by atoms with Crippen LogP contribution in [0, 0.1) is 24.5 Å². The summed E-state index contributed by atoms with van der Waals surface area (Å²) in [5.41, 5.74) is 0.874. The van der Waals surface area contributed by atoms with E-state index in [1.54, 1.807) is 6.92 Å². The van der Waals surface area contributed by atoms with Crippen molar-refractivity contribution >= 4 is 11.6 Å². The molecule has 1 aromatic heterocycles. The third-order valence-corrected chi connectivity index (χ3v) is 6.11. The summed E-state index contributed by atoms with van der Waals surface area (Å²) in [6.07, 6.45) is 5.21. The summed E-state index contributed by atoms with van der Waals surface area (Å²) in [7, 11) is 3.48. The van der Waals surface area contributed by atoms with E-state index < -0.39 is 11.6 Å². The van der Waals surface area contributed by atoms with Gasteiger partial charge in [0.25, 0.3) is 0 Å². The first-order valence-corrected chi connectivity index (χ1v) is 11.6. The fourth-order valence-electron chi connectivity index (χ4n) is 3.90. The minimum Gasteiger partial charge on any atom is -0.494 e. The lowest BCUT2D eigenvalue weighted by Crippen LogP contribution is -2.32. The van der Waals surface area contributed by atoms with Crippen LogP contribution >= 0.6 is 0 Å². The zero-order valence-electron chi connectivity index (χ0n) is 20.2. The van der Waals surface area contributed by atoms with Gasteiger partial charge in [0, 0.05) is 5.69 Å². The van der Waals surface area contributed by atoms with Crippen LogP contribution in [0.2, 0.25) is 0 Å². The minimum atomic E-state index is -0.784. The zero-order valence-corrected chi connectivity index (χ0v) is 20.2. The van der Waals surface area contributed by atoms with Gasteiger partial charge in [0.2, 0.25) is 5.95 Å². The predicted octanol–water partition coefficient (Wildman–Crippen LogP) is 5.12. The first-order valence-electron chi connectivity index (χ1n) is 11.6. The van der Waals surface area contributed by atoms with Gasteiger partial charge < -0.3 is 24.4 Å². The fourth-order valence-corrected chi connectivity index (χ4v) is 3.90. The summed E-state index contributed by atoms with van der Waals surface area (Å²) < 4.78 is 45.2. The van der Waals surface area contributed by atoms with Gasteiger partial charge in [-0.1, -0.05) is 0 Å². The van der Waals surface area contributed by atoms with Gasteiger partial charge in [-0.25, -0.2) is 18.7 Å². The summed E-state index contributed by atoms with van der Waals surface area (Å²) in [5.74, 6) is 0.594. The molecule has 1 fully saturated rings. The second-order valence-electron chi connectivity index (χ2n) is 8.74. The fraction of sp³-hybridized carbons (Fsp3) is 0.385. The quantitative estimate of drug-likeness (QED) is 0.452. The predicted molar refractivity (Wildman–Crippen MR) is 129 cm³/mol. The van der Waals surface area contributed by atoms with Gasteiger partial charge in [0.1, 0.15) is 18.2 Å². The largest absolute Gasteiger partial charge is 0.494 e. The van der Waals surface area contributed by atoms with E-state index in [9.17, 15) is 8.78 Å². The van der Waals surface area contributed by atoms with Gasteiger partial charge in [0.15, 0.2) is 17.3 Å². The van der Waals surface area contributed by atoms with E-state index in [4.69, 9.17) is 14.2 Å². The molecule has 1 aliphatic heterocycles. The molecule has 1 saturated heterocycles. The highest BCUT2D eigenvalue weighted by molar-refractivity contribution is 5.54. The molecule has 35 heavy (non-hydrogen) atoms. The third kappa shape index (κ3) is 6.36. The molecule has 0 radical (unpaired) electrons. The van der Waals surface area contributed by atoms with Crippen LogP contribution < -0.4 is 19.5 Å². The first-order chi connectivity index (χ1) is 16.9. The Balaban J connectivity index is 1.29. The monoisotopic (exact) mass is 484 g/mol. The van der Waals surface area contributed by atoms with E-state index in [0.29, 0.717) is 11.9 Å². The van der Waals surface area contributed by atoms with E-state index in [2.05, 4.69) is 27.2 Å². The van der Waals surface area contributed by atoms with Crippen molar-refractivity contribution in [1.29, 1.82) is 0 Å². The Bertz CT molecular complexity index is 1120. The Labute approximate surface area is 204 Å². The SMILES string of the molecule is COc1cc(C)c(F)c(COc2cnc(Nc3ccc(OCC4CCN(C)CC4)cc3)nc2)c1F. The Morgan fingerprint density at radius 3 is 2.34 bits per heavy atom. The molecular weight excluding hydrogens is 454 g/mol. The van der Waals surface area contributed by atoms with Crippen LogP contribution in [0.4, 0.5) is 20.4 Å². The second-order valence-corrected chi connectivity index (χ2v) is 8.74. The smallest absolute Gasteiger partial charge is 0.227 e. The highest BCUT2D eigenvalue weighted by atomic mass is 19.1. The molecule has 186 valence electrons. The van der Waals surface area contributed by atoms with Gasteiger partial charge in [-0.2, -0.15) is 0 Å². The lowest BCUT2D eigenvalue weighted by molar-refractivity contribution is 0.160. The highest BCUT2D eigenvalue weighted by Gasteiger charge is 2.18. The minimum absolute atomic E-state index is 0.0310. The van der Waals surface area contributed by atoms with Crippen molar-refractivity contribution in [3.8, 4) is 17.2 Å². The van der Waals surface area contributed by atoms with E-state index >= 15 is 0 Å². The van der Waals surface area contributed by atoms with Crippen LogP contribution in [0.25, 0.3) is 0 Å². The zero-order chi connectivity index (χ0) is 24.8. The molecule has 9 heteroatoms. The summed E-state index contributed by atoms with van der Waals surface area (Å²) in [6, 6.07) is 8.93. The van der Waals surface area contributed by atoms with E-state index in [-0.39, 0.29) is 29.2 Å². The number of nitrogens with zero attached hydrogens (tertiary/aromatic N) is 3. The number of halogens is 2. The molecule has 1 aliphatic rings. The number of nitrogens with one attached hydrogen (secondary N) is 1. The number of rotatable bonds is 9. The molecule has 0 atom stereocenters. The Kier molecular flexibility index (Phi) is 7.97. The molecule has 7 nitrogen and oxygen atoms in total. The maximum Gasteiger partial charge on any atom is 0.227 e. The van der Waals surface area contributed by atoms with Gasteiger partial charge >= 0.3 is 0 Å². The summed E-state index contributed by atoms with van der Waals surface area (Å²) in [6.45, 7) is 4.20. The summed E-state index contributed by atoms with van der Waals surface area (Å²) in [5, 5.41) is 3.11. The van der Waals surface area contributed by atoms with Crippen molar-refractivity contribution in [1.82, 2.24) is 14.9 Å². The summed E-state index contributed by atoms with van der Waals surface area (Å²) >= 11 is 0. The van der Waals surface area contributed by atoms with Crippen molar-refractivity contribution in [2.24, 2.45) is 5.92 Å². The van der Waals surface area contributed by atoms with Crippen LogP contribution in [-0.2, 0) is 6.61 Å². The third-order valence-electron chi connectivity index (χ3n) is 6.11. The van der Waals surface area contributed by atoms with Crippen LogP contribution in [0.15, 0.2) is 42.7 Å². The first kappa shape index (κ1) is 24.7. The topological polar surface area (TPSA) is 68.7 Å². The maximum absolute atomic E-state index is 14.4. The normalized spacial score (nSPS) is 14.5. The molecule has 4 rings (SSSR count). The van der Waals surface area contributed by atoms with E-state index in [1.807, 2.05) is 24.3 Å². The molecule has 0 bridgehead atoms. The van der Waals surface area contributed by atoms with E-state index in [1.165, 1.54) is 25.6 Å². The van der Waals surface area contributed by atoms with E-state index in [0.717, 1.165) is 44.0 Å². The Morgan fingerprint density at radius 1 is 1.00 bits per heavy atom. The number of benzene rings is 2. The number of aromatic nitrogens is 2. The number of ether oxygens (including phenoxy) is 3. The molecular formula is C26H30F2N4O3. The molecule has 0 aliphatic carbocycles. The number of anilines is 2. The highest BCUT2D eigenvalue weighted by Crippen LogP contribution is 2.27. The molecule has 1 N–H and O–H groups in total. The molecule has 0 amide bonds. The second kappa shape index (κ2) is 11.3. The van der Waals surface area contributed by atoms with Gasteiger partial charge in [-0.15, -0.1) is 0 Å². The lowest BCUT2D eigenvalue weighted by Gasteiger charge is -2.28. The number of hydrogen-bond acceptors (Lipinski definition) is 7. The lowest BCUT2D eigenvalue weighted by atomic mass is 9.98. The van der Waals surface area contributed by atoms with Gasteiger partial charge in [-0.3, -0.25) is 0 Å². The maximum atomic E-state index is 14.4. The van der Waals surface area contributed by atoms with Crippen molar-refractivity contribution in [3.05, 3.63) is 65.5 Å². The molecule has 2 aromatic carbocycles. The van der Waals surface area contributed by atoms with Crippen molar-refractivity contribution in [2.45, 2.75) is 26.4 Å². The number of aryl methyl sites for hydroxylation is 1. The average Bonchev–Trinajstić information content (AvgIpc) is 2.87. The van der Waals surface area contributed by atoms with Gasteiger partial charge in [0.05, 0.1) is 31.7 Å². The van der Waals surface area contributed by atoms with Crippen LogP contribution in [0.3, 0.4) is 0 Å². The average molecular weight is 485 g/mol. The number of hydrogen-bond donors (Lipinski definition) is 1. The summed E-state index contributed by atoms with van der Waals surface area (Å²) in [4.78, 5) is 10.8. The molecule has 0 unspecified atom stereocenters. The molecule has 3 aromatic rings. The number of likely N-dealkylation sites (tertiary alicyclic amines) is 1. The molecule has 0 saturated carbocycles. The van der Waals surface area contributed by atoms with Crippen LogP contribution in [0.1, 0.15) is 24.0 Å².